The highest BCUT2D eigenvalue weighted by Crippen LogP contribution is 2.16. The molecule has 0 bridgehead atoms. The Balaban J connectivity index is 2.33. The first-order chi connectivity index (χ1) is 9.29. The van der Waals surface area contributed by atoms with Crippen LogP contribution in [0.4, 0.5) is 14.9 Å². The summed E-state index contributed by atoms with van der Waals surface area (Å²) in [4.78, 5) is 26.0. The summed E-state index contributed by atoms with van der Waals surface area (Å²) in [7, 11) is -4.19. The summed E-state index contributed by atoms with van der Waals surface area (Å²) in [5.74, 6) is -1.62. The van der Waals surface area contributed by atoms with Crippen LogP contribution in [-0.4, -0.2) is 31.3 Å². The van der Waals surface area contributed by atoms with Gasteiger partial charge in [0, 0.05) is 0 Å². The van der Waals surface area contributed by atoms with Crippen molar-refractivity contribution in [3.63, 3.8) is 0 Å². The van der Waals surface area contributed by atoms with Gasteiger partial charge in [-0.15, -0.1) is 0 Å². The van der Waals surface area contributed by atoms with Crippen LogP contribution in [-0.2, 0) is 14.8 Å². The van der Waals surface area contributed by atoms with E-state index in [9.17, 15) is 22.4 Å². The molecule has 7 nitrogen and oxygen atoms in total. The zero-order valence-corrected chi connectivity index (χ0v) is 11.1. The molecule has 1 aliphatic heterocycles. The number of sulfonamides is 1. The van der Waals surface area contributed by atoms with E-state index in [1.807, 2.05) is 0 Å². The van der Waals surface area contributed by atoms with Gasteiger partial charge < -0.3 is 0 Å². The summed E-state index contributed by atoms with van der Waals surface area (Å²) >= 11 is 0. The molecule has 0 saturated carbocycles. The lowest BCUT2D eigenvalue weighted by atomic mass is 10.2. The van der Waals surface area contributed by atoms with Crippen LogP contribution >= 0.6 is 0 Å². The van der Waals surface area contributed by atoms with Crippen molar-refractivity contribution in [3.05, 3.63) is 30.1 Å². The number of carbonyl (C=O) groups is 2. The molecule has 2 rings (SSSR count). The fraction of sp³-hybridized carbons (Fsp3) is 0.182. The molecule has 0 spiro atoms. The second-order valence-electron chi connectivity index (χ2n) is 4.09. The number of nitrogens with one attached hydrogen (secondary N) is 2. The molecule has 1 aliphatic rings. The molecule has 1 atom stereocenters. The van der Waals surface area contributed by atoms with E-state index in [0.717, 1.165) is 12.1 Å². The van der Waals surface area contributed by atoms with E-state index < -0.39 is 33.0 Å². The fourth-order valence-electron chi connectivity index (χ4n) is 1.75. The van der Waals surface area contributed by atoms with Crippen molar-refractivity contribution < 1.29 is 22.4 Å². The molecule has 0 aromatic heterocycles. The Morgan fingerprint density at radius 3 is 2.65 bits per heavy atom. The number of carbonyl (C=O) groups excluding carboxylic acids is 2. The van der Waals surface area contributed by atoms with Gasteiger partial charge in [0.05, 0.1) is 11.4 Å². The summed E-state index contributed by atoms with van der Waals surface area (Å²) in [6, 6.07) is 3.86. The van der Waals surface area contributed by atoms with Gasteiger partial charge >= 0.3 is 6.03 Å². The van der Waals surface area contributed by atoms with Crippen LogP contribution < -0.4 is 10.0 Å². The zero-order chi connectivity index (χ0) is 14.9. The largest absolute Gasteiger partial charge is 0.347 e. The smallest absolute Gasteiger partial charge is 0.282 e. The first-order valence-electron chi connectivity index (χ1n) is 5.47. The number of anilines is 1. The molecular formula is C11H10FN3O4S. The number of hydrogen-bond acceptors (Lipinski definition) is 4. The Morgan fingerprint density at radius 2 is 2.05 bits per heavy atom. The number of urea groups is 1. The van der Waals surface area contributed by atoms with Crippen molar-refractivity contribution in [3.8, 4) is 0 Å². The van der Waals surface area contributed by atoms with E-state index in [4.69, 9.17) is 0 Å². The number of nitrogens with zero attached hydrogens (tertiary/aromatic N) is 1. The van der Waals surface area contributed by atoms with Crippen LogP contribution in [0.15, 0.2) is 29.3 Å². The van der Waals surface area contributed by atoms with Gasteiger partial charge in [-0.2, -0.15) is 0 Å². The summed E-state index contributed by atoms with van der Waals surface area (Å²) in [5, 5.41) is 0.169. The number of aliphatic imine (C=N–C) groups is 1. The third kappa shape index (κ3) is 2.82. The van der Waals surface area contributed by atoms with Gasteiger partial charge in [0.2, 0.25) is 10.0 Å². The normalized spacial score (nSPS) is 19.3. The number of imide groups is 1. The van der Waals surface area contributed by atoms with Gasteiger partial charge in [-0.05, 0) is 25.1 Å². The van der Waals surface area contributed by atoms with Crippen molar-refractivity contribution >= 4 is 33.4 Å². The van der Waals surface area contributed by atoms with Crippen molar-refractivity contribution in [2.75, 3.05) is 4.72 Å². The average molecular weight is 299 g/mol. The molecular weight excluding hydrogens is 289 g/mol. The third-order valence-corrected chi connectivity index (χ3v) is 4.22. The Hall–Kier alpha value is -2.29. The average Bonchev–Trinajstić information content (AvgIpc) is 2.25. The number of benzene rings is 1. The third-order valence-electron chi connectivity index (χ3n) is 2.52. The Labute approximate surface area is 113 Å². The number of hydrogen-bond donors (Lipinski definition) is 2. The molecule has 0 radical (unpaired) electrons. The summed E-state index contributed by atoms with van der Waals surface area (Å²) in [6.45, 7) is 1.26. The maximum atomic E-state index is 13.0. The molecule has 0 saturated heterocycles. The van der Waals surface area contributed by atoms with E-state index in [1.54, 1.807) is 5.32 Å². The quantitative estimate of drug-likeness (QED) is 0.854. The van der Waals surface area contributed by atoms with E-state index in [2.05, 4.69) is 9.71 Å². The van der Waals surface area contributed by atoms with Crippen LogP contribution in [0.2, 0.25) is 0 Å². The van der Waals surface area contributed by atoms with E-state index >= 15 is 0 Å². The first kappa shape index (κ1) is 14.1. The predicted octanol–water partition coefficient (Wildman–Crippen LogP) is 0.647. The second-order valence-corrected chi connectivity index (χ2v) is 5.85. The molecule has 0 fully saturated rings. The van der Waals surface area contributed by atoms with Crippen molar-refractivity contribution in [2.45, 2.75) is 12.2 Å². The molecule has 1 heterocycles. The summed E-state index contributed by atoms with van der Waals surface area (Å²) < 4.78 is 39.3. The molecule has 20 heavy (non-hydrogen) atoms. The van der Waals surface area contributed by atoms with E-state index in [0.29, 0.717) is 0 Å². The Bertz CT molecular complexity index is 714. The SMILES string of the molecule is CC1=NC(=O)NC(=O)C1S(=O)(=O)Nc1cccc(F)c1. The molecule has 0 aliphatic carbocycles. The van der Waals surface area contributed by atoms with E-state index in [-0.39, 0.29) is 11.4 Å². The summed E-state index contributed by atoms with van der Waals surface area (Å²) in [5.41, 5.74) is -0.176. The van der Waals surface area contributed by atoms with Gasteiger partial charge in [0.15, 0.2) is 5.25 Å². The highest BCUT2D eigenvalue weighted by atomic mass is 32.2. The maximum absolute atomic E-state index is 13.0. The number of rotatable bonds is 3. The maximum Gasteiger partial charge on any atom is 0.347 e. The first-order valence-corrected chi connectivity index (χ1v) is 7.01. The van der Waals surface area contributed by atoms with Crippen LogP contribution in [0, 0.1) is 5.82 Å². The standard InChI is InChI=1S/C11H10FN3O4S/c1-6-9(10(16)14-11(17)13-6)20(18,19)15-8-4-2-3-7(12)5-8/h2-5,9,15H,1H3,(H,14,16,17). The highest BCUT2D eigenvalue weighted by molar-refractivity contribution is 7.94. The van der Waals surface area contributed by atoms with Gasteiger partial charge in [-0.25, -0.2) is 22.6 Å². The van der Waals surface area contributed by atoms with Crippen molar-refractivity contribution in [1.29, 1.82) is 0 Å². The Morgan fingerprint density at radius 1 is 1.35 bits per heavy atom. The van der Waals surface area contributed by atoms with Crippen LogP contribution in [0.5, 0.6) is 0 Å². The van der Waals surface area contributed by atoms with Crippen molar-refractivity contribution in [2.24, 2.45) is 4.99 Å². The molecule has 2 N–H and O–H groups in total. The van der Waals surface area contributed by atoms with Crippen LogP contribution in [0.25, 0.3) is 0 Å². The minimum atomic E-state index is -4.19. The number of halogens is 1. The monoisotopic (exact) mass is 299 g/mol. The van der Waals surface area contributed by atoms with Crippen molar-refractivity contribution in [1.82, 2.24) is 5.32 Å². The number of amides is 3. The van der Waals surface area contributed by atoms with Crippen LogP contribution in [0.3, 0.4) is 0 Å². The zero-order valence-electron chi connectivity index (χ0n) is 10.3. The minimum Gasteiger partial charge on any atom is -0.282 e. The van der Waals surface area contributed by atoms with Gasteiger partial charge in [0.1, 0.15) is 5.82 Å². The van der Waals surface area contributed by atoms with Crippen LogP contribution in [0.1, 0.15) is 6.92 Å². The lowest BCUT2D eigenvalue weighted by molar-refractivity contribution is -0.118. The topological polar surface area (TPSA) is 105 Å². The van der Waals surface area contributed by atoms with Gasteiger partial charge in [0.25, 0.3) is 5.91 Å². The highest BCUT2D eigenvalue weighted by Gasteiger charge is 2.39. The molecule has 9 heteroatoms. The van der Waals surface area contributed by atoms with E-state index in [1.165, 1.54) is 19.1 Å². The predicted molar refractivity (Wildman–Crippen MR) is 69.4 cm³/mol. The fourth-order valence-corrected chi connectivity index (χ4v) is 3.16. The second kappa shape index (κ2) is 5.00. The minimum absolute atomic E-state index is 0.0255. The summed E-state index contributed by atoms with van der Waals surface area (Å²) in [6.07, 6.45) is 0. The Kier molecular flexibility index (Phi) is 3.53. The molecule has 1 unspecified atom stereocenters. The lowest BCUT2D eigenvalue weighted by Crippen LogP contribution is -2.51. The molecule has 1 aromatic rings. The molecule has 3 amide bonds. The lowest BCUT2D eigenvalue weighted by Gasteiger charge is -2.20. The molecule has 1 aromatic carbocycles. The molecule has 106 valence electrons. The van der Waals surface area contributed by atoms with Gasteiger partial charge in [-0.3, -0.25) is 14.8 Å². The van der Waals surface area contributed by atoms with Gasteiger partial charge in [-0.1, -0.05) is 6.07 Å².